The van der Waals surface area contributed by atoms with E-state index < -0.39 is 66.4 Å². The number of nitrogen functional groups attached to an aromatic ring is 1. The number of benzene rings is 4. The van der Waals surface area contributed by atoms with Crippen LogP contribution in [0.25, 0.3) is 10.8 Å². The number of halogens is 2. The smallest absolute Gasteiger partial charge is 0.744 e. The zero-order chi connectivity index (χ0) is 41.3. The van der Waals surface area contributed by atoms with Crippen molar-refractivity contribution in [3.05, 3.63) is 72.7 Å². The third-order valence-electron chi connectivity index (χ3n) is 7.12. The number of aromatic hydroxyl groups is 1. The number of anilines is 3. The quantitative estimate of drug-likeness (QED) is 0.00712. The van der Waals surface area contributed by atoms with Gasteiger partial charge in [0.25, 0.3) is 0 Å². The van der Waals surface area contributed by atoms with E-state index in [-0.39, 0.29) is 168 Å². The number of aromatic nitrogens is 2. The van der Waals surface area contributed by atoms with Crippen molar-refractivity contribution in [3.63, 3.8) is 0 Å². The molecule has 0 saturated carbocycles. The average molecular weight is 941 g/mol. The van der Waals surface area contributed by atoms with Crippen molar-refractivity contribution >= 4 is 95.0 Å². The maximum atomic E-state index is 13.6. The number of hydrogen-bond donors (Lipinski definition) is 3. The second kappa shape index (κ2) is 24.6. The van der Waals surface area contributed by atoms with Gasteiger partial charge in [-0.25, -0.2) is 16.8 Å². The molecule has 0 radical (unpaired) electrons. The normalized spacial score (nSPS) is 11.6. The Balaban J connectivity index is 0.00000413. The van der Waals surface area contributed by atoms with Crippen LogP contribution in [0.1, 0.15) is 0 Å². The number of nitrogens with two attached hydrogens (primary N) is 1. The van der Waals surface area contributed by atoms with Gasteiger partial charge in [-0.05, 0) is 54.6 Å². The minimum atomic E-state index is -5.21. The predicted molar refractivity (Wildman–Crippen MR) is 187 cm³/mol. The van der Waals surface area contributed by atoms with Crippen LogP contribution in [0.15, 0.2) is 95.8 Å². The van der Waals surface area contributed by atoms with Crippen LogP contribution in [0.5, 0.6) is 11.5 Å². The summed E-state index contributed by atoms with van der Waals surface area (Å²) in [7, 11) is -7.91. The largest absolute Gasteiger partial charge is 1.00 e. The van der Waals surface area contributed by atoms with Crippen LogP contribution < -0.4 is 115 Å². The van der Waals surface area contributed by atoms with Gasteiger partial charge in [0.15, 0.2) is 27.9 Å². The second-order valence-electron chi connectivity index (χ2n) is 10.6. The van der Waals surface area contributed by atoms with Crippen molar-refractivity contribution in [1.29, 1.82) is 0 Å². The summed E-state index contributed by atoms with van der Waals surface area (Å²) in [6, 6.07) is 11.2. The van der Waals surface area contributed by atoms with Crippen LogP contribution >= 0.6 is 24.4 Å². The summed E-state index contributed by atoms with van der Waals surface area (Å²) in [6.45, 7) is -0.393. The predicted octanol–water partition coefficient (Wildman–Crippen LogP) is -4.50. The van der Waals surface area contributed by atoms with Crippen molar-refractivity contribution in [2.24, 2.45) is 20.5 Å². The van der Waals surface area contributed by atoms with E-state index >= 15 is 0 Å². The van der Waals surface area contributed by atoms with Crippen LogP contribution in [0.2, 0.25) is 0 Å². The first-order valence-electron chi connectivity index (χ1n) is 14.9. The number of nitrogens with zero attached hydrogens (tertiary/aromatic N) is 6. The van der Waals surface area contributed by atoms with E-state index in [4.69, 9.17) is 14.7 Å². The standard InChI is InChI=1S/C29H24F2N8O14S4.3Na/c1-48-21-6-3-15(56(43,44)9-8-49-55-53-51-42)11-19(21)36-38-26-17-12-22(54-52-50-41)27(28(40)16(17)4-5-18(26)32)39-37-20-10-14(2-7-23(20)57(45,46)47)33-25-13-24(30)34-29(31)35-25;;;/h2-7,10-13,40-42H,8-9,32H2,1H3,(H,33,34,35)(H,45,46,47);;;/q;3*+1/p-3. The van der Waals surface area contributed by atoms with E-state index in [0.717, 1.165) is 30.3 Å². The van der Waals surface area contributed by atoms with Gasteiger partial charge in [-0.2, -0.15) is 23.1 Å². The summed E-state index contributed by atoms with van der Waals surface area (Å²) in [6.07, 6.45) is -1.41. The van der Waals surface area contributed by atoms with E-state index in [0.29, 0.717) is 0 Å². The Kier molecular flexibility index (Phi) is 22.1. The Morgan fingerprint density at radius 3 is 2.22 bits per heavy atom. The number of fused-ring (bicyclic) bond motifs is 1. The topological polar surface area (TPSA) is 326 Å². The molecule has 1 heterocycles. The van der Waals surface area contributed by atoms with E-state index in [1.807, 2.05) is 0 Å². The second-order valence-corrected chi connectivity index (χ2v) is 15.3. The molecule has 0 amide bonds. The summed E-state index contributed by atoms with van der Waals surface area (Å²) in [5.74, 6) is -2.74. The molecule has 31 heteroatoms. The van der Waals surface area contributed by atoms with Gasteiger partial charge in [0.05, 0.1) is 51.9 Å². The number of ether oxygens (including phenoxy) is 1. The molecular weight excluding hydrogens is 920 g/mol. The molecule has 0 unspecified atom stereocenters. The molecule has 302 valence electrons. The molecule has 4 aromatic carbocycles. The number of phenolic OH excluding ortho intramolecular Hbond substituents is 1. The Morgan fingerprint density at radius 2 is 1.55 bits per heavy atom. The number of azo groups is 2. The molecule has 0 aliphatic carbocycles. The summed E-state index contributed by atoms with van der Waals surface area (Å²) in [4.78, 5) is 4.91. The number of hydrogen-bond acceptors (Lipinski definition) is 24. The van der Waals surface area contributed by atoms with E-state index in [2.05, 4.69) is 54.5 Å². The Hall–Kier alpha value is -2.24. The molecular formula is C29H21F2N8Na3O14S4. The Morgan fingerprint density at radius 1 is 0.850 bits per heavy atom. The first-order valence-corrected chi connectivity index (χ1v) is 19.4. The summed E-state index contributed by atoms with van der Waals surface area (Å²) in [5, 5.41) is 57.2. The van der Waals surface area contributed by atoms with Gasteiger partial charge in [-0.3, -0.25) is 14.3 Å². The monoisotopic (exact) mass is 940 g/mol. The molecule has 0 atom stereocenters. The Bertz CT molecular complexity index is 2570. The van der Waals surface area contributed by atoms with Crippen LogP contribution in [0.3, 0.4) is 0 Å². The summed E-state index contributed by atoms with van der Waals surface area (Å²) >= 11 is 0.345. The molecule has 0 bridgehead atoms. The number of rotatable bonds is 18. The molecule has 5 aromatic rings. The van der Waals surface area contributed by atoms with Gasteiger partial charge in [-0.1, -0.05) is 0 Å². The van der Waals surface area contributed by atoms with Gasteiger partial charge in [-0.15, -0.1) is 24.8 Å². The van der Waals surface area contributed by atoms with Crippen molar-refractivity contribution in [1.82, 2.24) is 9.97 Å². The van der Waals surface area contributed by atoms with Gasteiger partial charge < -0.3 is 36.0 Å². The van der Waals surface area contributed by atoms with E-state index in [1.165, 1.54) is 37.4 Å². The van der Waals surface area contributed by atoms with E-state index in [1.54, 1.807) is 0 Å². The van der Waals surface area contributed by atoms with Gasteiger partial charge in [0.2, 0.25) is 5.95 Å². The molecule has 0 spiro atoms. The maximum Gasteiger partial charge on any atom is 1.00 e. The fourth-order valence-electron chi connectivity index (χ4n) is 4.71. The SMILES string of the molecule is COc1ccc(S(=O)(=O)CCOSOO[O-])cc1N=Nc1c(N)ccc2c(O)c(N=Nc3cc(Nc4cc(F)nc(F)n4)ccc3S(=O)(=O)[O-])c(SOO[O-])cc12.[Na+].[Na+].[Na+]. The van der Waals surface area contributed by atoms with Gasteiger partial charge >= 0.3 is 94.8 Å². The zero-order valence-electron chi connectivity index (χ0n) is 31.1. The minimum Gasteiger partial charge on any atom is -0.744 e. The van der Waals surface area contributed by atoms with Gasteiger partial charge in [0, 0.05) is 22.5 Å². The molecule has 4 N–H and O–H groups in total. The molecule has 0 saturated heterocycles. The van der Waals surface area contributed by atoms with Crippen LogP contribution in [0, 0.1) is 12.0 Å². The maximum absolute atomic E-state index is 13.6. The first kappa shape index (κ1) is 53.9. The Labute approximate surface area is 412 Å². The number of methoxy groups -OCH3 is 1. The zero-order valence-corrected chi connectivity index (χ0v) is 40.4. The molecule has 22 nitrogen and oxygen atoms in total. The average Bonchev–Trinajstić information content (AvgIpc) is 3.15. The number of nitrogens with one attached hydrogen (secondary N) is 1. The van der Waals surface area contributed by atoms with Crippen molar-refractivity contribution in [2.45, 2.75) is 14.7 Å². The van der Waals surface area contributed by atoms with Crippen LogP contribution in [-0.2, 0) is 42.9 Å². The molecule has 0 fully saturated rings. The van der Waals surface area contributed by atoms with E-state index in [9.17, 15) is 45.8 Å². The van der Waals surface area contributed by atoms with Crippen LogP contribution in [-0.4, -0.2) is 55.9 Å². The number of sulfone groups is 1. The third-order valence-corrected chi connectivity index (χ3v) is 10.7. The van der Waals surface area contributed by atoms with Crippen molar-refractivity contribution < 1.29 is 162 Å². The fraction of sp³-hybridized carbons (Fsp3) is 0.103. The minimum absolute atomic E-state index is 0. The summed E-state index contributed by atoms with van der Waals surface area (Å²) < 4.78 is 108. The number of phenols is 1. The molecule has 60 heavy (non-hydrogen) atoms. The molecule has 0 aliphatic rings. The van der Waals surface area contributed by atoms with Crippen LogP contribution in [0.4, 0.5) is 48.7 Å². The first-order chi connectivity index (χ1) is 27.1. The molecule has 5 rings (SSSR count). The fourth-order valence-corrected chi connectivity index (χ4v) is 7.20. The van der Waals surface area contributed by atoms with Crippen molar-refractivity contribution in [3.8, 4) is 11.5 Å². The summed E-state index contributed by atoms with van der Waals surface area (Å²) in [5.41, 5.74) is 4.87. The molecule has 1 aromatic heterocycles. The third kappa shape index (κ3) is 14.1. The van der Waals surface area contributed by atoms with Gasteiger partial charge in [0.1, 0.15) is 44.4 Å². The molecule has 0 aliphatic heterocycles. The van der Waals surface area contributed by atoms with Crippen molar-refractivity contribution in [2.75, 3.05) is 30.5 Å².